The van der Waals surface area contributed by atoms with Gasteiger partial charge in [0.1, 0.15) is 11.4 Å². The van der Waals surface area contributed by atoms with E-state index in [1.807, 2.05) is 78.6 Å². The maximum atomic E-state index is 13.5. The van der Waals surface area contributed by atoms with Crippen LogP contribution in [0.1, 0.15) is 34.8 Å². The molecule has 0 saturated heterocycles. The molecule has 218 valence electrons. The van der Waals surface area contributed by atoms with Gasteiger partial charge in [-0.1, -0.05) is 54.6 Å². The Hall–Kier alpha value is -4.82. The van der Waals surface area contributed by atoms with E-state index in [2.05, 4.69) is 16.7 Å². The number of nitrogens with zero attached hydrogens (tertiary/aromatic N) is 1. The first-order valence-corrected chi connectivity index (χ1v) is 15.2. The minimum absolute atomic E-state index is 0.0517. The average Bonchev–Trinajstić information content (AvgIpc) is 3.04. The van der Waals surface area contributed by atoms with E-state index in [9.17, 15) is 14.4 Å². The first kappa shape index (κ1) is 29.7. The Morgan fingerprint density at radius 3 is 2.47 bits per heavy atom. The Kier molecular flexibility index (Phi) is 9.92. The summed E-state index contributed by atoms with van der Waals surface area (Å²) >= 11 is 1.42. The van der Waals surface area contributed by atoms with E-state index >= 15 is 0 Å². The Morgan fingerprint density at radius 2 is 1.67 bits per heavy atom. The second-order valence-electron chi connectivity index (χ2n) is 9.93. The van der Waals surface area contributed by atoms with Crippen LogP contribution < -0.4 is 20.3 Å². The van der Waals surface area contributed by atoms with Crippen LogP contribution in [0, 0.1) is 0 Å². The van der Waals surface area contributed by atoms with Crippen molar-refractivity contribution in [3.8, 4) is 5.75 Å². The van der Waals surface area contributed by atoms with E-state index in [0.717, 1.165) is 34.7 Å². The maximum absolute atomic E-state index is 13.5. The summed E-state index contributed by atoms with van der Waals surface area (Å²) in [6.45, 7) is 3.17. The van der Waals surface area contributed by atoms with Gasteiger partial charge in [-0.05, 0) is 85.5 Å². The number of ether oxygens (including phenoxy) is 1. The molecule has 0 bridgehead atoms. The number of anilines is 2. The molecule has 0 saturated carbocycles. The molecule has 0 aliphatic carbocycles. The summed E-state index contributed by atoms with van der Waals surface area (Å²) in [5.41, 5.74) is 4.00. The van der Waals surface area contributed by atoms with Crippen LogP contribution in [0.15, 0.2) is 114 Å². The van der Waals surface area contributed by atoms with Crippen molar-refractivity contribution in [1.82, 2.24) is 5.32 Å². The van der Waals surface area contributed by atoms with Gasteiger partial charge in [0, 0.05) is 28.4 Å². The smallest absolute Gasteiger partial charge is 0.272 e. The molecule has 0 aromatic heterocycles. The highest BCUT2D eigenvalue weighted by Crippen LogP contribution is 2.29. The van der Waals surface area contributed by atoms with Crippen molar-refractivity contribution in [2.75, 3.05) is 29.1 Å². The van der Waals surface area contributed by atoms with Crippen molar-refractivity contribution in [3.05, 3.63) is 126 Å². The van der Waals surface area contributed by atoms with Crippen LogP contribution in [0.2, 0.25) is 0 Å². The quantitative estimate of drug-likeness (QED) is 0.161. The molecular formula is C35H33N3O4S. The fraction of sp³-hybridized carbons (Fsp3) is 0.171. The summed E-state index contributed by atoms with van der Waals surface area (Å²) in [5.74, 6) is 0.185. The Morgan fingerprint density at radius 1 is 0.907 bits per heavy atom. The Balaban J connectivity index is 1.28. The largest absolute Gasteiger partial charge is 0.494 e. The van der Waals surface area contributed by atoms with E-state index in [-0.39, 0.29) is 17.4 Å². The van der Waals surface area contributed by atoms with E-state index in [0.29, 0.717) is 24.4 Å². The van der Waals surface area contributed by atoms with Gasteiger partial charge in [-0.25, -0.2) is 0 Å². The van der Waals surface area contributed by atoms with Crippen molar-refractivity contribution >= 4 is 46.9 Å². The molecule has 0 radical (unpaired) electrons. The monoisotopic (exact) mass is 591 g/mol. The Labute approximate surface area is 256 Å². The fourth-order valence-electron chi connectivity index (χ4n) is 4.81. The van der Waals surface area contributed by atoms with Crippen LogP contribution >= 0.6 is 11.8 Å². The molecule has 3 amide bonds. The predicted molar refractivity (Wildman–Crippen MR) is 172 cm³/mol. The number of rotatable bonds is 10. The summed E-state index contributed by atoms with van der Waals surface area (Å²) in [5, 5.41) is 5.66. The number of fused-ring (bicyclic) bond motifs is 1. The molecule has 4 aromatic rings. The van der Waals surface area contributed by atoms with Gasteiger partial charge in [0.05, 0.1) is 12.4 Å². The van der Waals surface area contributed by atoms with Crippen molar-refractivity contribution in [2.24, 2.45) is 0 Å². The molecule has 0 fully saturated rings. The topological polar surface area (TPSA) is 87.7 Å². The third kappa shape index (κ3) is 7.93. The number of aryl methyl sites for hydroxylation is 1. The average molecular weight is 592 g/mol. The number of benzene rings is 4. The predicted octanol–water partition coefficient (Wildman–Crippen LogP) is 6.57. The molecule has 0 unspecified atom stereocenters. The number of hydrogen-bond acceptors (Lipinski definition) is 5. The molecule has 5 rings (SSSR count). The second-order valence-corrected chi connectivity index (χ2v) is 11.0. The van der Waals surface area contributed by atoms with Crippen LogP contribution in [0.4, 0.5) is 11.4 Å². The zero-order chi connectivity index (χ0) is 30.0. The number of amides is 3. The van der Waals surface area contributed by atoms with Crippen LogP contribution in [0.3, 0.4) is 0 Å². The molecule has 8 heteroatoms. The number of hydrogen-bond donors (Lipinski definition) is 2. The van der Waals surface area contributed by atoms with Gasteiger partial charge in [-0.2, -0.15) is 0 Å². The van der Waals surface area contributed by atoms with Crippen molar-refractivity contribution < 1.29 is 19.1 Å². The lowest BCUT2D eigenvalue weighted by Gasteiger charge is -2.29. The zero-order valence-electron chi connectivity index (χ0n) is 23.9. The first-order chi connectivity index (χ1) is 21.0. The summed E-state index contributed by atoms with van der Waals surface area (Å²) in [4.78, 5) is 42.3. The molecule has 1 aliphatic heterocycles. The maximum Gasteiger partial charge on any atom is 0.272 e. The van der Waals surface area contributed by atoms with Crippen LogP contribution in [0.25, 0.3) is 6.08 Å². The minimum Gasteiger partial charge on any atom is -0.494 e. The normalized spacial score (nSPS) is 12.7. The molecule has 4 aromatic carbocycles. The lowest BCUT2D eigenvalue weighted by Crippen LogP contribution is -2.36. The van der Waals surface area contributed by atoms with E-state index in [1.165, 1.54) is 17.3 Å². The molecule has 7 nitrogen and oxygen atoms in total. The highest BCUT2D eigenvalue weighted by atomic mass is 32.2. The lowest BCUT2D eigenvalue weighted by molar-refractivity contribution is -0.116. The SMILES string of the molecule is CCOc1ccc(/C=C(\NC(=O)c2ccccc2)C(=O)Nc2cccc(SCC(=O)N3CCCc4ccccc43)c2)cc1. The standard InChI is InChI=1S/C35H33N3O4S/c1-2-42-29-19-17-25(18-20-29)22-31(37-34(40)27-11-4-3-5-12-27)35(41)36-28-14-8-15-30(23-28)43-24-33(39)38-21-9-13-26-10-6-7-16-32(26)38/h3-8,10-12,14-20,22-23H,2,9,13,21,24H2,1H3,(H,36,41)(H,37,40)/b31-22-. The van der Waals surface area contributed by atoms with Crippen LogP contribution in [-0.4, -0.2) is 36.6 Å². The van der Waals surface area contributed by atoms with Gasteiger partial charge in [-0.15, -0.1) is 11.8 Å². The fourth-order valence-corrected chi connectivity index (χ4v) is 5.64. The number of para-hydroxylation sites is 1. The number of nitrogens with one attached hydrogen (secondary N) is 2. The molecular weight excluding hydrogens is 558 g/mol. The van der Waals surface area contributed by atoms with Crippen LogP contribution in [-0.2, 0) is 16.0 Å². The van der Waals surface area contributed by atoms with E-state index in [1.54, 1.807) is 36.4 Å². The van der Waals surface area contributed by atoms with Gasteiger partial charge in [0.2, 0.25) is 5.91 Å². The summed E-state index contributed by atoms with van der Waals surface area (Å²) in [7, 11) is 0. The van der Waals surface area contributed by atoms with E-state index in [4.69, 9.17) is 4.74 Å². The summed E-state index contributed by atoms with van der Waals surface area (Å²) in [6, 6.07) is 31.4. The van der Waals surface area contributed by atoms with Gasteiger partial charge >= 0.3 is 0 Å². The molecule has 0 spiro atoms. The number of carbonyl (C=O) groups excluding carboxylic acids is 3. The molecule has 1 heterocycles. The van der Waals surface area contributed by atoms with E-state index < -0.39 is 11.8 Å². The summed E-state index contributed by atoms with van der Waals surface area (Å²) < 4.78 is 5.52. The van der Waals surface area contributed by atoms with Gasteiger partial charge < -0.3 is 20.3 Å². The lowest BCUT2D eigenvalue weighted by atomic mass is 10.0. The third-order valence-corrected chi connectivity index (χ3v) is 7.87. The van der Waals surface area contributed by atoms with Crippen molar-refractivity contribution in [2.45, 2.75) is 24.7 Å². The van der Waals surface area contributed by atoms with Crippen LogP contribution in [0.5, 0.6) is 5.75 Å². The van der Waals surface area contributed by atoms with Crippen molar-refractivity contribution in [3.63, 3.8) is 0 Å². The molecule has 0 atom stereocenters. The van der Waals surface area contributed by atoms with Gasteiger partial charge in [0.15, 0.2) is 0 Å². The highest BCUT2D eigenvalue weighted by Gasteiger charge is 2.22. The highest BCUT2D eigenvalue weighted by molar-refractivity contribution is 8.00. The molecule has 43 heavy (non-hydrogen) atoms. The minimum atomic E-state index is -0.471. The Bertz CT molecular complexity index is 1620. The zero-order valence-corrected chi connectivity index (χ0v) is 24.7. The first-order valence-electron chi connectivity index (χ1n) is 14.2. The summed E-state index contributed by atoms with van der Waals surface area (Å²) in [6.07, 6.45) is 3.55. The third-order valence-electron chi connectivity index (χ3n) is 6.90. The van der Waals surface area contributed by atoms with Gasteiger partial charge in [0.25, 0.3) is 11.8 Å². The van der Waals surface area contributed by atoms with Crippen molar-refractivity contribution in [1.29, 1.82) is 0 Å². The van der Waals surface area contributed by atoms with Gasteiger partial charge in [-0.3, -0.25) is 14.4 Å². The number of carbonyl (C=O) groups is 3. The second kappa shape index (κ2) is 14.4. The molecule has 1 aliphatic rings. The number of thioether (sulfide) groups is 1. The molecule has 2 N–H and O–H groups in total.